The molecule has 2 aliphatic rings. The second-order valence-electron chi connectivity index (χ2n) is 7.12. The number of benzene rings is 1. The van der Waals surface area contributed by atoms with Crippen molar-refractivity contribution in [3.8, 4) is 0 Å². The van der Waals surface area contributed by atoms with E-state index in [2.05, 4.69) is 13.8 Å². The maximum Gasteiger partial charge on any atom is 0.269 e. The first kappa shape index (κ1) is 15.9. The zero-order valence-corrected chi connectivity index (χ0v) is 13.7. The molecular formula is C17H22N2O4. The van der Waals surface area contributed by atoms with Gasteiger partial charge in [0.05, 0.1) is 17.4 Å². The second-order valence-corrected chi connectivity index (χ2v) is 7.12. The molecule has 3 atom stereocenters. The normalized spacial score (nSPS) is 27.9. The molecule has 1 aromatic rings. The zero-order chi connectivity index (χ0) is 16.8. The molecule has 23 heavy (non-hydrogen) atoms. The Morgan fingerprint density at radius 1 is 1.39 bits per heavy atom. The molecule has 6 nitrogen and oxygen atoms in total. The maximum atomic E-state index is 12.6. The topological polar surface area (TPSA) is 72.7 Å². The van der Waals surface area contributed by atoms with E-state index in [1.54, 1.807) is 12.1 Å². The van der Waals surface area contributed by atoms with Crippen LogP contribution in [0.3, 0.4) is 0 Å². The molecule has 124 valence electrons. The van der Waals surface area contributed by atoms with Gasteiger partial charge in [0, 0.05) is 43.2 Å². The third kappa shape index (κ3) is 2.61. The molecule has 1 aliphatic heterocycles. The molecular weight excluding hydrogens is 296 g/mol. The molecule has 1 aromatic carbocycles. The van der Waals surface area contributed by atoms with E-state index in [-0.39, 0.29) is 35.6 Å². The minimum absolute atomic E-state index is 0.0267. The summed E-state index contributed by atoms with van der Waals surface area (Å²) in [4.78, 5) is 24.7. The molecule has 2 fully saturated rings. The Balaban J connectivity index is 1.67. The van der Waals surface area contributed by atoms with Gasteiger partial charge in [0.15, 0.2) is 0 Å². The van der Waals surface area contributed by atoms with Crippen molar-refractivity contribution in [2.24, 2.45) is 11.3 Å². The highest BCUT2D eigenvalue weighted by Crippen LogP contribution is 2.54. The Bertz CT molecular complexity index is 626. The van der Waals surface area contributed by atoms with Crippen LogP contribution in [-0.4, -0.2) is 41.5 Å². The molecule has 0 unspecified atom stereocenters. The van der Waals surface area contributed by atoms with Gasteiger partial charge in [-0.15, -0.1) is 0 Å². The van der Waals surface area contributed by atoms with E-state index in [9.17, 15) is 14.9 Å². The lowest BCUT2D eigenvalue weighted by Gasteiger charge is -2.57. The van der Waals surface area contributed by atoms with Gasteiger partial charge in [-0.2, -0.15) is 0 Å². The van der Waals surface area contributed by atoms with Crippen molar-refractivity contribution < 1.29 is 14.5 Å². The summed E-state index contributed by atoms with van der Waals surface area (Å²) >= 11 is 0. The minimum Gasteiger partial charge on any atom is -0.377 e. The first-order valence-electron chi connectivity index (χ1n) is 7.93. The molecule has 0 N–H and O–H groups in total. The number of hydrogen-bond donors (Lipinski definition) is 0. The highest BCUT2D eigenvalue weighted by Gasteiger charge is 2.61. The summed E-state index contributed by atoms with van der Waals surface area (Å²) in [6, 6.07) is 6.38. The fraction of sp³-hybridized carbons (Fsp3) is 0.588. The monoisotopic (exact) mass is 318 g/mol. The van der Waals surface area contributed by atoms with Gasteiger partial charge in [-0.1, -0.05) is 26.0 Å². The standard InChI is InChI=1S/C17H22N2O4/c1-17(2)15(13-8-9-23-16(13)17)18(3)14(20)10-11-4-6-12(7-5-11)19(21)22/h4-7,13,15-16H,8-10H2,1-3H3/t13-,15-,16-/m1/s1. The molecule has 0 bridgehead atoms. The number of fused-ring (bicyclic) bond motifs is 1. The lowest BCUT2D eigenvalue weighted by molar-refractivity contribution is -0.384. The van der Waals surface area contributed by atoms with Gasteiger partial charge >= 0.3 is 0 Å². The van der Waals surface area contributed by atoms with Crippen LogP contribution in [0.25, 0.3) is 0 Å². The van der Waals surface area contributed by atoms with Crippen LogP contribution in [0.4, 0.5) is 5.69 Å². The van der Waals surface area contributed by atoms with Gasteiger partial charge in [0.1, 0.15) is 0 Å². The Labute approximate surface area is 135 Å². The molecule has 1 saturated carbocycles. The van der Waals surface area contributed by atoms with E-state index in [4.69, 9.17) is 4.74 Å². The third-order valence-electron chi connectivity index (χ3n) is 5.35. The number of carbonyl (C=O) groups excluding carboxylic acids is 1. The summed E-state index contributed by atoms with van der Waals surface area (Å²) in [7, 11) is 1.86. The smallest absolute Gasteiger partial charge is 0.269 e. The predicted octanol–water partition coefficient (Wildman–Crippen LogP) is 2.41. The van der Waals surface area contributed by atoms with Crippen molar-refractivity contribution in [1.29, 1.82) is 0 Å². The van der Waals surface area contributed by atoms with Gasteiger partial charge in [0.25, 0.3) is 5.69 Å². The number of nitro benzene ring substituents is 1. The summed E-state index contributed by atoms with van der Waals surface area (Å²) in [6.45, 7) is 5.08. The highest BCUT2D eigenvalue weighted by atomic mass is 16.6. The van der Waals surface area contributed by atoms with Crippen molar-refractivity contribution in [3.05, 3.63) is 39.9 Å². The average Bonchev–Trinajstić information content (AvgIpc) is 2.93. The molecule has 0 aromatic heterocycles. The predicted molar refractivity (Wildman–Crippen MR) is 85.0 cm³/mol. The fourth-order valence-corrected chi connectivity index (χ4v) is 4.27. The Kier molecular flexibility index (Phi) is 3.88. The van der Waals surface area contributed by atoms with Crippen LogP contribution in [0.2, 0.25) is 0 Å². The average molecular weight is 318 g/mol. The number of nitro groups is 1. The second kappa shape index (κ2) is 5.60. The van der Waals surface area contributed by atoms with E-state index >= 15 is 0 Å². The Morgan fingerprint density at radius 2 is 2.04 bits per heavy atom. The number of non-ortho nitro benzene ring substituents is 1. The van der Waals surface area contributed by atoms with Gasteiger partial charge < -0.3 is 9.64 Å². The Hall–Kier alpha value is -1.95. The van der Waals surface area contributed by atoms with Crippen LogP contribution in [-0.2, 0) is 16.0 Å². The number of likely N-dealkylation sites (N-methyl/N-ethyl adjacent to an activating group) is 1. The summed E-state index contributed by atoms with van der Waals surface area (Å²) in [5, 5.41) is 10.7. The molecule has 1 saturated heterocycles. The van der Waals surface area contributed by atoms with E-state index < -0.39 is 4.92 Å². The van der Waals surface area contributed by atoms with Crippen molar-refractivity contribution in [2.45, 2.75) is 38.8 Å². The quantitative estimate of drug-likeness (QED) is 0.631. The SMILES string of the molecule is CN(C(=O)Cc1ccc([N+](=O)[O-])cc1)[C@@H]1[C@H]2CCO[C@H]2C1(C)C. The number of amides is 1. The molecule has 3 rings (SSSR count). The van der Waals surface area contributed by atoms with E-state index in [1.807, 2.05) is 11.9 Å². The number of nitrogens with zero attached hydrogens (tertiary/aromatic N) is 2. The van der Waals surface area contributed by atoms with Gasteiger partial charge in [-0.05, 0) is 12.0 Å². The number of rotatable bonds is 4. The Morgan fingerprint density at radius 3 is 2.65 bits per heavy atom. The minimum atomic E-state index is -0.436. The molecule has 1 heterocycles. The van der Waals surface area contributed by atoms with Gasteiger partial charge in [0.2, 0.25) is 5.91 Å². The van der Waals surface area contributed by atoms with Crippen molar-refractivity contribution in [2.75, 3.05) is 13.7 Å². The summed E-state index contributed by atoms with van der Waals surface area (Å²) < 4.78 is 5.78. The largest absolute Gasteiger partial charge is 0.377 e. The van der Waals surface area contributed by atoms with Crippen molar-refractivity contribution in [3.63, 3.8) is 0 Å². The summed E-state index contributed by atoms with van der Waals surface area (Å²) in [5.41, 5.74) is 0.811. The van der Waals surface area contributed by atoms with E-state index in [0.29, 0.717) is 5.92 Å². The lowest BCUT2D eigenvalue weighted by Crippen LogP contribution is -2.67. The molecule has 1 aliphatic carbocycles. The van der Waals surface area contributed by atoms with Crippen LogP contribution >= 0.6 is 0 Å². The third-order valence-corrected chi connectivity index (χ3v) is 5.35. The van der Waals surface area contributed by atoms with Gasteiger partial charge in [-0.25, -0.2) is 0 Å². The number of hydrogen-bond acceptors (Lipinski definition) is 4. The maximum absolute atomic E-state index is 12.6. The number of ether oxygens (including phenoxy) is 1. The van der Waals surface area contributed by atoms with Crippen LogP contribution in [0, 0.1) is 21.4 Å². The van der Waals surface area contributed by atoms with Crippen LogP contribution in [0.15, 0.2) is 24.3 Å². The fourth-order valence-electron chi connectivity index (χ4n) is 4.27. The molecule has 1 amide bonds. The first-order valence-corrected chi connectivity index (χ1v) is 7.93. The van der Waals surface area contributed by atoms with Crippen LogP contribution in [0.5, 0.6) is 0 Å². The van der Waals surface area contributed by atoms with E-state index in [0.717, 1.165) is 18.6 Å². The van der Waals surface area contributed by atoms with Crippen LogP contribution < -0.4 is 0 Å². The molecule has 0 spiro atoms. The summed E-state index contributed by atoms with van der Waals surface area (Å²) in [6.07, 6.45) is 1.52. The van der Waals surface area contributed by atoms with E-state index in [1.165, 1.54) is 12.1 Å². The summed E-state index contributed by atoms with van der Waals surface area (Å²) in [5.74, 6) is 0.470. The van der Waals surface area contributed by atoms with Gasteiger partial charge in [-0.3, -0.25) is 14.9 Å². The van der Waals surface area contributed by atoms with Crippen LogP contribution in [0.1, 0.15) is 25.8 Å². The van der Waals surface area contributed by atoms with Crippen molar-refractivity contribution in [1.82, 2.24) is 4.90 Å². The lowest BCUT2D eigenvalue weighted by atomic mass is 9.57. The number of carbonyl (C=O) groups is 1. The first-order chi connectivity index (χ1) is 10.8. The molecule has 6 heteroatoms. The zero-order valence-electron chi connectivity index (χ0n) is 13.7. The molecule has 0 radical (unpaired) electrons. The highest BCUT2D eigenvalue weighted by molar-refractivity contribution is 5.79. The van der Waals surface area contributed by atoms with Crippen molar-refractivity contribution >= 4 is 11.6 Å².